The minimum Gasteiger partial charge on any atom is -0.385 e. The molecule has 0 aromatic heterocycles. The summed E-state index contributed by atoms with van der Waals surface area (Å²) in [6.07, 6.45) is 3.12. The van der Waals surface area contributed by atoms with Crippen molar-refractivity contribution in [3.8, 4) is 0 Å². The van der Waals surface area contributed by atoms with Gasteiger partial charge in [-0.15, -0.1) is 0 Å². The van der Waals surface area contributed by atoms with Crippen LogP contribution in [0.1, 0.15) is 25.8 Å². The van der Waals surface area contributed by atoms with Crippen LogP contribution in [0.15, 0.2) is 60.8 Å². The quantitative estimate of drug-likeness (QED) is 0.746. The van der Waals surface area contributed by atoms with Crippen LogP contribution >= 0.6 is 0 Å². The molecule has 0 fully saturated rings. The Labute approximate surface area is 131 Å². The highest BCUT2D eigenvalue weighted by atomic mass is 28.3. The fourth-order valence-electron chi connectivity index (χ4n) is 3.38. The summed E-state index contributed by atoms with van der Waals surface area (Å²) in [5, 5.41) is 3.60. The highest BCUT2D eigenvalue weighted by Crippen LogP contribution is 2.36. The predicted octanol–water partition coefficient (Wildman–Crippen LogP) is 4.77. The summed E-state index contributed by atoms with van der Waals surface area (Å²) in [7, 11) is -0.658. The first-order valence-corrected chi connectivity index (χ1v) is 10.3. The van der Waals surface area contributed by atoms with E-state index in [1.54, 1.807) is 0 Å². The summed E-state index contributed by atoms with van der Waals surface area (Å²) < 4.78 is 0. The van der Waals surface area contributed by atoms with Crippen LogP contribution in [0.2, 0.25) is 17.6 Å². The predicted molar refractivity (Wildman–Crippen MR) is 97.2 cm³/mol. The first-order valence-electron chi connectivity index (χ1n) is 8.05. The van der Waals surface area contributed by atoms with Crippen LogP contribution < -0.4 is 5.32 Å². The second-order valence-corrected chi connectivity index (χ2v) is 9.96. The molecule has 1 N–H and O–H groups in total. The molecule has 1 atom stereocenters. The van der Waals surface area contributed by atoms with E-state index in [1.807, 2.05) is 6.08 Å². The highest BCUT2D eigenvalue weighted by Gasteiger charge is 2.27. The van der Waals surface area contributed by atoms with Crippen molar-refractivity contribution >= 4 is 14.4 Å². The number of benzene rings is 1. The minimum absolute atomic E-state index is 0.658. The number of nitrogens with one attached hydrogen (secondary N) is 1. The number of rotatable bonds is 6. The summed E-state index contributed by atoms with van der Waals surface area (Å²) in [6.45, 7) is 14.2. The topological polar surface area (TPSA) is 12.0 Å². The van der Waals surface area contributed by atoms with E-state index in [9.17, 15) is 0 Å². The third kappa shape index (κ3) is 3.56. The van der Waals surface area contributed by atoms with Gasteiger partial charge in [-0.05, 0) is 34.7 Å². The van der Waals surface area contributed by atoms with Gasteiger partial charge in [-0.25, -0.2) is 0 Å². The lowest BCUT2D eigenvalue weighted by molar-refractivity contribution is 0.670. The third-order valence-corrected chi connectivity index (χ3v) is 8.65. The van der Waals surface area contributed by atoms with Gasteiger partial charge in [-0.2, -0.15) is 0 Å². The summed E-state index contributed by atoms with van der Waals surface area (Å²) >= 11 is 0. The molecule has 1 aromatic rings. The van der Waals surface area contributed by atoms with Gasteiger partial charge in [0.2, 0.25) is 0 Å². The van der Waals surface area contributed by atoms with Crippen molar-refractivity contribution in [1.82, 2.24) is 5.32 Å². The molecule has 0 spiro atoms. The normalized spacial score (nSPS) is 18.5. The van der Waals surface area contributed by atoms with E-state index >= 15 is 0 Å². The van der Waals surface area contributed by atoms with Crippen molar-refractivity contribution < 1.29 is 0 Å². The van der Waals surface area contributed by atoms with E-state index in [4.69, 9.17) is 0 Å². The van der Waals surface area contributed by atoms with E-state index in [0.29, 0.717) is 0 Å². The van der Waals surface area contributed by atoms with Crippen LogP contribution in [0.4, 0.5) is 0 Å². The molecule has 0 saturated carbocycles. The number of hydrogen-bond acceptors (Lipinski definition) is 1. The Morgan fingerprint density at radius 3 is 2.52 bits per heavy atom. The van der Waals surface area contributed by atoms with E-state index in [1.165, 1.54) is 35.3 Å². The van der Waals surface area contributed by atoms with Crippen LogP contribution in [0.3, 0.4) is 0 Å². The monoisotopic (exact) mass is 297 g/mol. The van der Waals surface area contributed by atoms with Crippen LogP contribution in [0.25, 0.3) is 5.57 Å². The summed E-state index contributed by atoms with van der Waals surface area (Å²) in [4.78, 5) is 0. The van der Waals surface area contributed by atoms with Gasteiger partial charge in [0, 0.05) is 21.0 Å². The number of allylic oxidation sites excluding steroid dienone is 3. The van der Waals surface area contributed by atoms with Crippen molar-refractivity contribution in [1.29, 1.82) is 0 Å². The smallest absolute Gasteiger partial charge is 0.0419 e. The first kappa shape index (κ1) is 15.8. The van der Waals surface area contributed by atoms with E-state index < -0.39 is 8.80 Å². The van der Waals surface area contributed by atoms with Crippen molar-refractivity contribution in [2.24, 2.45) is 0 Å². The molecule has 0 aliphatic carbocycles. The van der Waals surface area contributed by atoms with Gasteiger partial charge in [-0.1, -0.05) is 69.4 Å². The molecule has 1 aliphatic heterocycles. The van der Waals surface area contributed by atoms with Crippen LogP contribution in [-0.2, 0) is 0 Å². The van der Waals surface area contributed by atoms with Crippen molar-refractivity contribution in [2.75, 3.05) is 6.54 Å². The van der Waals surface area contributed by atoms with Gasteiger partial charge in [0.15, 0.2) is 0 Å². The Balaban J connectivity index is 2.27. The molecule has 1 aromatic carbocycles. The lowest BCUT2D eigenvalue weighted by Crippen LogP contribution is -2.33. The molecule has 1 heterocycles. The Kier molecular flexibility index (Phi) is 5.63. The molecule has 0 amide bonds. The molecule has 0 saturated heterocycles. The maximum Gasteiger partial charge on any atom is 0.0419 e. The van der Waals surface area contributed by atoms with Gasteiger partial charge in [0.1, 0.15) is 0 Å². The molecular formula is C19H27NSi. The van der Waals surface area contributed by atoms with Crippen LogP contribution in [-0.4, -0.2) is 15.3 Å². The Morgan fingerprint density at radius 1 is 1.29 bits per heavy atom. The summed E-state index contributed by atoms with van der Waals surface area (Å²) in [5.74, 6) is 0. The average Bonchev–Trinajstić information content (AvgIpc) is 2.56. The standard InChI is InChI=1S/C19H27NSi/c1-5-19-18(15(4)16-11-9-8-10-12-16)13-17(14-20-19)21(6-2)7-3/h5,8-12,17,20-21H,1,4,6-7,13-14H2,2-3H3/t17-/m1/s1. The zero-order valence-corrected chi connectivity index (χ0v) is 14.5. The van der Waals surface area contributed by atoms with Gasteiger partial charge in [0.05, 0.1) is 0 Å². The Bertz CT molecular complexity index is 526. The number of hydrogen-bond donors (Lipinski definition) is 1. The highest BCUT2D eigenvalue weighted by molar-refractivity contribution is 6.60. The molecule has 1 aliphatic rings. The first-order chi connectivity index (χ1) is 10.2. The molecule has 2 heteroatoms. The SMILES string of the molecule is C=CC1=C(C(=C)c2ccccc2)C[C@@H]([SiH](CC)CC)CN1. The molecule has 112 valence electrons. The zero-order valence-electron chi connectivity index (χ0n) is 13.4. The molecule has 1 nitrogen and oxygen atoms in total. The van der Waals surface area contributed by atoms with Gasteiger partial charge in [-0.3, -0.25) is 0 Å². The molecule has 21 heavy (non-hydrogen) atoms. The van der Waals surface area contributed by atoms with Gasteiger partial charge < -0.3 is 5.32 Å². The second kappa shape index (κ2) is 7.46. The fraction of sp³-hybridized carbons (Fsp3) is 0.368. The molecule has 0 radical (unpaired) electrons. The fourth-order valence-corrected chi connectivity index (χ4v) is 6.31. The summed E-state index contributed by atoms with van der Waals surface area (Å²) in [6, 6.07) is 13.3. The molecular weight excluding hydrogens is 270 g/mol. The lowest BCUT2D eigenvalue weighted by atomic mass is 9.92. The third-order valence-electron chi connectivity index (χ3n) is 4.75. The largest absolute Gasteiger partial charge is 0.385 e. The van der Waals surface area contributed by atoms with Crippen LogP contribution in [0.5, 0.6) is 0 Å². The van der Waals surface area contributed by atoms with E-state index in [0.717, 1.165) is 17.7 Å². The Morgan fingerprint density at radius 2 is 1.95 bits per heavy atom. The second-order valence-electron chi connectivity index (χ2n) is 5.86. The van der Waals surface area contributed by atoms with Crippen LogP contribution in [0, 0.1) is 0 Å². The average molecular weight is 298 g/mol. The lowest BCUT2D eigenvalue weighted by Gasteiger charge is -2.32. The van der Waals surface area contributed by atoms with Gasteiger partial charge in [0.25, 0.3) is 0 Å². The summed E-state index contributed by atoms with van der Waals surface area (Å²) in [5.41, 5.74) is 5.76. The van der Waals surface area contributed by atoms with E-state index in [-0.39, 0.29) is 0 Å². The Hall–Kier alpha value is -1.54. The minimum atomic E-state index is -0.658. The van der Waals surface area contributed by atoms with Gasteiger partial charge >= 0.3 is 0 Å². The van der Waals surface area contributed by atoms with E-state index in [2.05, 4.69) is 62.7 Å². The van der Waals surface area contributed by atoms with Crippen molar-refractivity contribution in [2.45, 2.75) is 37.9 Å². The maximum absolute atomic E-state index is 4.36. The zero-order chi connectivity index (χ0) is 15.2. The van der Waals surface area contributed by atoms with Crippen molar-refractivity contribution in [3.05, 3.63) is 66.4 Å². The molecule has 0 bridgehead atoms. The maximum atomic E-state index is 4.36. The van der Waals surface area contributed by atoms with Crippen molar-refractivity contribution in [3.63, 3.8) is 0 Å². The molecule has 2 rings (SSSR count). The molecule has 0 unspecified atom stereocenters.